The van der Waals surface area contributed by atoms with Gasteiger partial charge in [0.1, 0.15) is 5.78 Å². The molecule has 6 aliphatic rings. The Balaban J connectivity index is 1.30. The number of hydrogen-bond acceptors (Lipinski definition) is 3. The molecule has 3 nitrogen and oxygen atoms in total. The van der Waals surface area contributed by atoms with Gasteiger partial charge in [0.05, 0.1) is 12.7 Å². The van der Waals surface area contributed by atoms with Crippen molar-refractivity contribution < 1.29 is 14.3 Å². The second-order valence-electron chi connectivity index (χ2n) is 13.4. The summed E-state index contributed by atoms with van der Waals surface area (Å²) in [6.45, 7) is 12.8. The van der Waals surface area contributed by atoms with Gasteiger partial charge in [-0.25, -0.2) is 0 Å². The fourth-order valence-corrected chi connectivity index (χ4v) is 10.2. The molecular weight excluding hydrogens is 384 g/mol. The van der Waals surface area contributed by atoms with Gasteiger partial charge >= 0.3 is 0 Å². The summed E-state index contributed by atoms with van der Waals surface area (Å²) in [5.74, 6) is 5.00. The third kappa shape index (κ3) is 2.69. The number of hydrogen-bond donors (Lipinski definition) is 0. The molecule has 4 aliphatic carbocycles. The average Bonchev–Trinajstić information content (AvgIpc) is 3.18. The summed E-state index contributed by atoms with van der Waals surface area (Å²) in [7, 11) is 0. The highest BCUT2D eigenvalue weighted by atomic mass is 16.7. The van der Waals surface area contributed by atoms with E-state index in [4.69, 9.17) is 9.47 Å². The fraction of sp³-hybridized carbons (Fsp3) is 0.964. The number of ketones is 1. The van der Waals surface area contributed by atoms with Crippen molar-refractivity contribution in [1.29, 1.82) is 0 Å². The van der Waals surface area contributed by atoms with Crippen molar-refractivity contribution in [3.8, 4) is 0 Å². The number of carbonyl (C=O) groups is 1. The van der Waals surface area contributed by atoms with Crippen LogP contribution in [0.4, 0.5) is 0 Å². The van der Waals surface area contributed by atoms with Crippen molar-refractivity contribution in [2.24, 2.45) is 58.2 Å². The van der Waals surface area contributed by atoms with Crippen LogP contribution in [0.5, 0.6) is 0 Å². The number of fused-ring (bicyclic) bond motifs is 7. The van der Waals surface area contributed by atoms with Crippen LogP contribution in [0.25, 0.3) is 0 Å². The van der Waals surface area contributed by atoms with Gasteiger partial charge in [0.15, 0.2) is 5.79 Å². The molecule has 2 heterocycles. The van der Waals surface area contributed by atoms with Crippen molar-refractivity contribution in [3.63, 3.8) is 0 Å². The molecule has 2 saturated heterocycles. The molecule has 12 atom stereocenters. The largest absolute Gasteiger partial charge is 0.349 e. The van der Waals surface area contributed by atoms with Crippen LogP contribution in [0.3, 0.4) is 0 Å². The van der Waals surface area contributed by atoms with Crippen LogP contribution in [0.2, 0.25) is 0 Å². The number of rotatable bonds is 0. The number of ether oxygens (including phenoxy) is 2. The highest BCUT2D eigenvalue weighted by Crippen LogP contribution is 2.70. The minimum Gasteiger partial charge on any atom is -0.349 e. The van der Waals surface area contributed by atoms with E-state index in [9.17, 15) is 4.79 Å². The van der Waals surface area contributed by atoms with Crippen LogP contribution in [-0.2, 0) is 14.3 Å². The van der Waals surface area contributed by atoms with E-state index >= 15 is 0 Å². The minimum absolute atomic E-state index is 0.202. The van der Waals surface area contributed by atoms with Gasteiger partial charge in [-0.2, -0.15) is 0 Å². The van der Waals surface area contributed by atoms with Gasteiger partial charge in [-0.3, -0.25) is 4.79 Å². The topological polar surface area (TPSA) is 35.5 Å². The summed E-state index contributed by atoms with van der Waals surface area (Å²) in [5.41, 5.74) is 0.187. The second-order valence-corrected chi connectivity index (χ2v) is 13.4. The molecule has 0 N–H and O–H groups in total. The molecule has 31 heavy (non-hydrogen) atoms. The zero-order valence-corrected chi connectivity index (χ0v) is 20.5. The monoisotopic (exact) mass is 428 g/mol. The first-order chi connectivity index (χ1) is 14.7. The Morgan fingerprint density at radius 2 is 1.68 bits per heavy atom. The van der Waals surface area contributed by atoms with Crippen molar-refractivity contribution in [2.75, 3.05) is 6.61 Å². The van der Waals surface area contributed by atoms with E-state index in [1.807, 2.05) is 0 Å². The lowest BCUT2D eigenvalue weighted by molar-refractivity contribution is -0.272. The van der Waals surface area contributed by atoms with Gasteiger partial charge in [0.2, 0.25) is 0 Å². The molecule has 1 unspecified atom stereocenters. The van der Waals surface area contributed by atoms with Gasteiger partial charge in [0, 0.05) is 30.1 Å². The molecule has 0 amide bonds. The van der Waals surface area contributed by atoms with Crippen molar-refractivity contribution in [2.45, 2.75) is 104 Å². The smallest absolute Gasteiger partial charge is 0.171 e. The maximum Gasteiger partial charge on any atom is 0.171 e. The van der Waals surface area contributed by atoms with Crippen LogP contribution in [-0.4, -0.2) is 24.3 Å². The van der Waals surface area contributed by atoms with Crippen molar-refractivity contribution in [3.05, 3.63) is 0 Å². The van der Waals surface area contributed by atoms with E-state index < -0.39 is 5.79 Å². The van der Waals surface area contributed by atoms with Crippen LogP contribution in [0, 0.1) is 58.2 Å². The van der Waals surface area contributed by atoms with E-state index in [1.54, 1.807) is 0 Å². The zero-order chi connectivity index (χ0) is 21.8. The van der Waals surface area contributed by atoms with E-state index in [0.717, 1.165) is 43.6 Å². The van der Waals surface area contributed by atoms with Gasteiger partial charge in [0.25, 0.3) is 0 Å². The normalized spacial score (nSPS) is 60.9. The molecule has 0 aromatic carbocycles. The predicted molar refractivity (Wildman–Crippen MR) is 121 cm³/mol. The summed E-state index contributed by atoms with van der Waals surface area (Å²) in [6, 6.07) is 0. The van der Waals surface area contributed by atoms with Crippen LogP contribution < -0.4 is 0 Å². The first-order valence-corrected chi connectivity index (χ1v) is 13.5. The Morgan fingerprint density at radius 1 is 0.903 bits per heavy atom. The van der Waals surface area contributed by atoms with E-state index in [-0.39, 0.29) is 11.5 Å². The second kappa shape index (κ2) is 6.81. The van der Waals surface area contributed by atoms with E-state index in [1.165, 1.54) is 38.5 Å². The molecule has 4 saturated carbocycles. The quantitative estimate of drug-likeness (QED) is 0.457. The third-order valence-corrected chi connectivity index (χ3v) is 12.1. The summed E-state index contributed by atoms with van der Waals surface area (Å²) >= 11 is 0. The molecular formula is C28H44O3. The van der Waals surface area contributed by atoms with Gasteiger partial charge < -0.3 is 9.47 Å². The lowest BCUT2D eigenvalue weighted by Crippen LogP contribution is -2.58. The van der Waals surface area contributed by atoms with Gasteiger partial charge in [-0.15, -0.1) is 0 Å². The van der Waals surface area contributed by atoms with Crippen LogP contribution >= 0.6 is 0 Å². The van der Waals surface area contributed by atoms with Gasteiger partial charge in [-0.1, -0.05) is 41.0 Å². The lowest BCUT2D eigenvalue weighted by Gasteiger charge is -2.60. The molecule has 174 valence electrons. The summed E-state index contributed by atoms with van der Waals surface area (Å²) in [6.07, 6.45) is 11.1. The molecule has 6 rings (SSSR count). The van der Waals surface area contributed by atoms with Crippen molar-refractivity contribution in [1.82, 2.24) is 0 Å². The number of Topliss-reactive ketones (excluding diaryl/α,β-unsaturated/α-hetero) is 1. The summed E-state index contributed by atoms with van der Waals surface area (Å²) in [5, 5.41) is 0. The molecule has 3 heteroatoms. The van der Waals surface area contributed by atoms with E-state index in [0.29, 0.717) is 40.8 Å². The van der Waals surface area contributed by atoms with Crippen LogP contribution in [0.1, 0.15) is 92.4 Å². The fourth-order valence-electron chi connectivity index (χ4n) is 10.2. The standard InChI is InChI=1S/C28H44O3/c1-16-8-10-26(4)19(12-16)6-7-20-21(26)14-24(29)27(5)22(20)13-23-25(27)18(3)28(31-23)11-9-17(2)15-30-28/h16-23,25H,6-15H2,1-5H3/t16-,17?,18+,19+,20-,21+,22+,23+,25+,26+,27-,28-/m1/s1. The highest BCUT2D eigenvalue weighted by Gasteiger charge is 2.71. The Labute approximate surface area is 189 Å². The zero-order valence-electron chi connectivity index (χ0n) is 20.5. The molecule has 6 fully saturated rings. The molecule has 0 bridgehead atoms. The molecule has 1 spiro atoms. The highest BCUT2D eigenvalue weighted by molar-refractivity contribution is 5.87. The van der Waals surface area contributed by atoms with E-state index in [2.05, 4.69) is 34.6 Å². The maximum absolute atomic E-state index is 14.0. The molecule has 2 aliphatic heterocycles. The summed E-state index contributed by atoms with van der Waals surface area (Å²) < 4.78 is 13.2. The Hall–Kier alpha value is -0.410. The maximum atomic E-state index is 14.0. The third-order valence-electron chi connectivity index (χ3n) is 12.1. The molecule has 0 aromatic heterocycles. The Morgan fingerprint density at radius 3 is 2.42 bits per heavy atom. The Bertz CT molecular complexity index is 753. The lowest BCUT2D eigenvalue weighted by atomic mass is 9.43. The first kappa shape index (κ1) is 21.1. The van der Waals surface area contributed by atoms with Crippen LogP contribution in [0.15, 0.2) is 0 Å². The molecule has 0 radical (unpaired) electrons. The SMILES string of the molecule is CC1CC[C@@]2(OC1)O[C@H]1C[C@H]3[C@@H]4CC[C@H]5C[C@H](C)CC[C@]5(C)[C@H]4CC(=O)[C@]3(C)[C@H]1[C@@H]2C. The molecule has 0 aromatic rings. The minimum atomic E-state index is -0.421. The predicted octanol–water partition coefficient (Wildman–Crippen LogP) is 6.25. The summed E-state index contributed by atoms with van der Waals surface area (Å²) in [4.78, 5) is 14.0. The van der Waals surface area contributed by atoms with Crippen molar-refractivity contribution >= 4 is 5.78 Å². The average molecular weight is 429 g/mol. The van der Waals surface area contributed by atoms with Gasteiger partial charge in [-0.05, 0) is 79.4 Å². The Kier molecular flexibility index (Phi) is 4.65. The first-order valence-electron chi connectivity index (χ1n) is 13.5. The number of carbonyl (C=O) groups excluding carboxylic acids is 1.